The number of hydrogen-bond donors (Lipinski definition) is 0. The molecule has 1 rings (SSSR count). The molecule has 0 aliphatic carbocycles. The van der Waals surface area contributed by atoms with Gasteiger partial charge in [0.15, 0.2) is 0 Å². The molecule has 9 heteroatoms. The molecule has 0 aliphatic rings. The Morgan fingerprint density at radius 3 is 2.25 bits per heavy atom. The summed E-state index contributed by atoms with van der Waals surface area (Å²) in [5, 5.41) is -0.364. The predicted octanol–water partition coefficient (Wildman–Crippen LogP) is 2.71. The van der Waals surface area contributed by atoms with Gasteiger partial charge in [0.25, 0.3) is 0 Å². The highest BCUT2D eigenvalue weighted by Gasteiger charge is 2.48. The molecule has 0 radical (unpaired) electrons. The van der Waals surface area contributed by atoms with Crippen LogP contribution >= 0.6 is 11.6 Å². The van der Waals surface area contributed by atoms with Gasteiger partial charge in [0.2, 0.25) is 0 Å². The first kappa shape index (κ1) is 13.0. The van der Waals surface area contributed by atoms with E-state index in [9.17, 15) is 26.0 Å². The standard InChI is InChI=1S/C7H3ClF4O3S/c8-5-2-1-4(3-6(5)9)15-16(13,14)7(10,11)12/h1-3H. The molecule has 0 aliphatic heterocycles. The van der Waals surface area contributed by atoms with E-state index in [4.69, 9.17) is 11.6 Å². The molecule has 0 spiro atoms. The van der Waals surface area contributed by atoms with Crippen LogP contribution in [0.4, 0.5) is 17.6 Å². The van der Waals surface area contributed by atoms with Crippen LogP contribution in [0.25, 0.3) is 0 Å². The first-order valence-corrected chi connectivity index (χ1v) is 5.38. The maximum absolute atomic E-state index is 12.8. The molecule has 0 N–H and O–H groups in total. The molecule has 0 bridgehead atoms. The number of rotatable bonds is 2. The highest BCUT2D eigenvalue weighted by Crippen LogP contribution is 2.28. The maximum Gasteiger partial charge on any atom is 0.534 e. The molecule has 0 unspecified atom stereocenters. The van der Waals surface area contributed by atoms with Crippen molar-refractivity contribution >= 4 is 21.7 Å². The van der Waals surface area contributed by atoms with Gasteiger partial charge in [-0.15, -0.1) is 0 Å². The molecular formula is C7H3ClF4O3S. The molecule has 0 heterocycles. The smallest absolute Gasteiger partial charge is 0.376 e. The van der Waals surface area contributed by atoms with Crippen LogP contribution in [0.15, 0.2) is 18.2 Å². The van der Waals surface area contributed by atoms with Gasteiger partial charge in [0, 0.05) is 6.07 Å². The van der Waals surface area contributed by atoms with Crippen LogP contribution in [0.1, 0.15) is 0 Å². The van der Waals surface area contributed by atoms with Gasteiger partial charge in [-0.1, -0.05) is 11.6 Å². The van der Waals surface area contributed by atoms with Crippen molar-refractivity contribution in [2.45, 2.75) is 5.51 Å². The van der Waals surface area contributed by atoms with Crippen LogP contribution in [-0.2, 0) is 10.1 Å². The lowest BCUT2D eigenvalue weighted by Crippen LogP contribution is -2.28. The van der Waals surface area contributed by atoms with Crippen molar-refractivity contribution in [1.82, 2.24) is 0 Å². The molecular weight excluding hydrogens is 276 g/mol. The van der Waals surface area contributed by atoms with Crippen molar-refractivity contribution in [2.75, 3.05) is 0 Å². The second-order valence-electron chi connectivity index (χ2n) is 2.56. The summed E-state index contributed by atoms with van der Waals surface area (Å²) in [6.07, 6.45) is 0. The fourth-order valence-corrected chi connectivity index (χ4v) is 1.27. The van der Waals surface area contributed by atoms with Gasteiger partial charge in [-0.2, -0.15) is 21.6 Å². The topological polar surface area (TPSA) is 43.4 Å². The summed E-state index contributed by atoms with van der Waals surface area (Å²) in [4.78, 5) is 0. The Morgan fingerprint density at radius 2 is 1.81 bits per heavy atom. The first-order valence-electron chi connectivity index (χ1n) is 3.59. The molecule has 0 atom stereocenters. The molecule has 1 aromatic rings. The van der Waals surface area contributed by atoms with Crippen LogP contribution in [0.3, 0.4) is 0 Å². The number of alkyl halides is 3. The lowest BCUT2D eigenvalue weighted by molar-refractivity contribution is -0.0500. The van der Waals surface area contributed by atoms with Crippen LogP contribution in [-0.4, -0.2) is 13.9 Å². The van der Waals surface area contributed by atoms with E-state index in [2.05, 4.69) is 4.18 Å². The molecule has 16 heavy (non-hydrogen) atoms. The first-order chi connectivity index (χ1) is 7.13. The van der Waals surface area contributed by atoms with Crippen molar-refractivity contribution in [3.63, 3.8) is 0 Å². The molecule has 0 amide bonds. The summed E-state index contributed by atoms with van der Waals surface area (Å²) < 4.78 is 73.0. The van der Waals surface area contributed by atoms with Crippen molar-refractivity contribution < 1.29 is 30.2 Å². The van der Waals surface area contributed by atoms with E-state index in [1.807, 2.05) is 0 Å². The van der Waals surface area contributed by atoms with Gasteiger partial charge in [-0.3, -0.25) is 0 Å². The molecule has 1 aromatic carbocycles. The zero-order valence-electron chi connectivity index (χ0n) is 7.25. The predicted molar refractivity (Wildman–Crippen MR) is 47.0 cm³/mol. The van der Waals surface area contributed by atoms with E-state index >= 15 is 0 Å². The number of benzene rings is 1. The fourth-order valence-electron chi connectivity index (χ4n) is 0.703. The van der Waals surface area contributed by atoms with Gasteiger partial charge >= 0.3 is 15.6 Å². The summed E-state index contributed by atoms with van der Waals surface area (Å²) in [5.74, 6) is -1.89. The quantitative estimate of drug-likeness (QED) is 0.475. The Hall–Kier alpha value is -1.02. The monoisotopic (exact) mass is 278 g/mol. The second-order valence-corrected chi connectivity index (χ2v) is 4.50. The number of hydrogen-bond acceptors (Lipinski definition) is 3. The average Bonchev–Trinajstić information content (AvgIpc) is 2.09. The molecule has 3 nitrogen and oxygen atoms in total. The molecule has 0 aromatic heterocycles. The van der Waals surface area contributed by atoms with Gasteiger partial charge in [-0.25, -0.2) is 4.39 Å². The Bertz CT molecular complexity index is 497. The summed E-state index contributed by atoms with van der Waals surface area (Å²) in [6.45, 7) is 0. The van der Waals surface area contributed by atoms with Crippen molar-refractivity contribution in [1.29, 1.82) is 0 Å². The third kappa shape index (κ3) is 2.76. The number of halogens is 5. The van der Waals surface area contributed by atoms with E-state index in [1.165, 1.54) is 0 Å². The van der Waals surface area contributed by atoms with Crippen LogP contribution in [0, 0.1) is 5.82 Å². The minimum Gasteiger partial charge on any atom is -0.376 e. The Kier molecular flexibility index (Phi) is 3.34. The maximum atomic E-state index is 12.8. The van der Waals surface area contributed by atoms with Crippen LogP contribution in [0.2, 0.25) is 5.02 Å². The SMILES string of the molecule is O=S(=O)(Oc1ccc(Cl)c(F)c1)C(F)(F)F. The van der Waals surface area contributed by atoms with Gasteiger partial charge in [0.05, 0.1) is 5.02 Å². The normalized spacial score (nSPS) is 12.6. The Labute approximate surface area is 92.7 Å². The fraction of sp³-hybridized carbons (Fsp3) is 0.143. The minimum atomic E-state index is -5.79. The third-order valence-electron chi connectivity index (χ3n) is 1.38. The zero-order valence-corrected chi connectivity index (χ0v) is 8.83. The van der Waals surface area contributed by atoms with E-state index < -0.39 is 27.2 Å². The van der Waals surface area contributed by atoms with Gasteiger partial charge in [0.1, 0.15) is 11.6 Å². The van der Waals surface area contributed by atoms with Crippen molar-refractivity contribution in [3.8, 4) is 5.75 Å². The largest absolute Gasteiger partial charge is 0.534 e. The summed E-state index contributed by atoms with van der Waals surface area (Å²) in [5.41, 5.74) is -5.57. The van der Waals surface area contributed by atoms with E-state index in [1.54, 1.807) is 0 Å². The minimum absolute atomic E-state index is 0.364. The molecule has 0 saturated carbocycles. The van der Waals surface area contributed by atoms with E-state index in [0.29, 0.717) is 6.07 Å². The lowest BCUT2D eigenvalue weighted by atomic mass is 10.3. The summed E-state index contributed by atoms with van der Waals surface area (Å²) in [6, 6.07) is 2.11. The Balaban J connectivity index is 3.03. The van der Waals surface area contributed by atoms with Crippen molar-refractivity contribution in [2.24, 2.45) is 0 Å². The highest BCUT2D eigenvalue weighted by molar-refractivity contribution is 7.87. The highest BCUT2D eigenvalue weighted by atomic mass is 35.5. The van der Waals surface area contributed by atoms with Gasteiger partial charge in [-0.05, 0) is 12.1 Å². The summed E-state index contributed by atoms with van der Waals surface area (Å²) >= 11 is 5.24. The second kappa shape index (κ2) is 4.10. The lowest BCUT2D eigenvalue weighted by Gasteiger charge is -2.09. The molecule has 0 saturated heterocycles. The van der Waals surface area contributed by atoms with Crippen molar-refractivity contribution in [3.05, 3.63) is 29.0 Å². The van der Waals surface area contributed by atoms with E-state index in [0.717, 1.165) is 12.1 Å². The van der Waals surface area contributed by atoms with Gasteiger partial charge < -0.3 is 4.18 Å². The van der Waals surface area contributed by atoms with Crippen LogP contribution in [0.5, 0.6) is 5.75 Å². The third-order valence-corrected chi connectivity index (χ3v) is 2.67. The average molecular weight is 279 g/mol. The Morgan fingerprint density at radius 1 is 1.25 bits per heavy atom. The molecule has 90 valence electrons. The van der Waals surface area contributed by atoms with Crippen LogP contribution < -0.4 is 4.18 Å². The zero-order chi connectivity index (χ0) is 12.6. The van der Waals surface area contributed by atoms with E-state index in [-0.39, 0.29) is 5.02 Å². The molecule has 0 fully saturated rings. The summed E-state index contributed by atoms with van der Waals surface area (Å²) in [7, 11) is -5.79.